The van der Waals surface area contributed by atoms with E-state index in [9.17, 15) is 13.2 Å². The van der Waals surface area contributed by atoms with Crippen molar-refractivity contribution in [3.63, 3.8) is 0 Å². The van der Waals surface area contributed by atoms with Gasteiger partial charge < -0.3 is 4.74 Å². The highest BCUT2D eigenvalue weighted by Crippen LogP contribution is 2.46. The fourth-order valence-electron chi connectivity index (χ4n) is 2.41. The van der Waals surface area contributed by atoms with Gasteiger partial charge in [0.05, 0.1) is 6.61 Å². The van der Waals surface area contributed by atoms with E-state index >= 15 is 0 Å². The van der Waals surface area contributed by atoms with Gasteiger partial charge in [0.25, 0.3) is 0 Å². The minimum absolute atomic E-state index is 0.313. The van der Waals surface area contributed by atoms with E-state index in [0.717, 1.165) is 17.2 Å². The number of hydrogen-bond acceptors (Lipinski definition) is 1. The number of benzene rings is 2. The summed E-state index contributed by atoms with van der Waals surface area (Å²) in [7, 11) is 0. The molecule has 1 heterocycles. The van der Waals surface area contributed by atoms with Gasteiger partial charge in [-0.3, -0.25) is 0 Å². The van der Waals surface area contributed by atoms with Crippen LogP contribution in [-0.4, -0.2) is 6.61 Å². The Kier molecular flexibility index (Phi) is 3.33. The maximum Gasteiger partial charge on any atom is 0.140 e. The Morgan fingerprint density at radius 2 is 1.67 bits per heavy atom. The highest BCUT2D eigenvalue weighted by molar-refractivity contribution is 5.57. The van der Waals surface area contributed by atoms with E-state index in [1.807, 2.05) is 13.0 Å². The lowest BCUT2D eigenvalue weighted by molar-refractivity contribution is 0.337. The molecule has 1 atom stereocenters. The summed E-state index contributed by atoms with van der Waals surface area (Å²) in [5, 5.41) is 0. The van der Waals surface area contributed by atoms with E-state index in [4.69, 9.17) is 4.74 Å². The maximum atomic E-state index is 13.9. The smallest absolute Gasteiger partial charge is 0.140 e. The van der Waals surface area contributed by atoms with Crippen molar-refractivity contribution < 1.29 is 17.9 Å². The molecule has 1 aliphatic heterocycles. The summed E-state index contributed by atoms with van der Waals surface area (Å²) >= 11 is 0. The van der Waals surface area contributed by atoms with Crippen LogP contribution in [0, 0.1) is 17.5 Å². The van der Waals surface area contributed by atoms with Crippen molar-refractivity contribution in [2.45, 2.75) is 12.5 Å². The van der Waals surface area contributed by atoms with Crippen molar-refractivity contribution in [3.8, 4) is 0 Å². The zero-order valence-corrected chi connectivity index (χ0v) is 11.4. The van der Waals surface area contributed by atoms with Gasteiger partial charge in [-0.15, -0.1) is 0 Å². The Bertz CT molecular complexity index is 700. The van der Waals surface area contributed by atoms with Gasteiger partial charge in [-0.25, -0.2) is 13.2 Å². The minimum Gasteiger partial charge on any atom is -0.360 e. The second-order valence-corrected chi connectivity index (χ2v) is 5.12. The third kappa shape index (κ3) is 2.59. The molecule has 1 unspecified atom stereocenters. The van der Waals surface area contributed by atoms with Crippen LogP contribution < -0.4 is 0 Å². The van der Waals surface area contributed by atoms with Gasteiger partial charge in [0.1, 0.15) is 23.1 Å². The average Bonchev–Trinajstić information content (AvgIpc) is 3.23. The van der Waals surface area contributed by atoms with E-state index in [0.29, 0.717) is 12.2 Å². The highest BCUT2D eigenvalue weighted by atomic mass is 19.1. The number of hydrogen-bond donors (Lipinski definition) is 0. The first kappa shape index (κ1) is 13.9. The van der Waals surface area contributed by atoms with Crippen LogP contribution in [0.4, 0.5) is 13.2 Å². The summed E-state index contributed by atoms with van der Waals surface area (Å²) < 4.78 is 45.3. The van der Waals surface area contributed by atoms with E-state index in [2.05, 4.69) is 0 Å². The molecule has 0 N–H and O–H groups in total. The van der Waals surface area contributed by atoms with Gasteiger partial charge in [-0.05, 0) is 42.3 Å². The van der Waals surface area contributed by atoms with Crippen LogP contribution in [0.5, 0.6) is 0 Å². The predicted octanol–water partition coefficient (Wildman–Crippen LogP) is 4.43. The molecule has 0 amide bonds. The fourth-order valence-corrected chi connectivity index (χ4v) is 2.41. The lowest BCUT2D eigenvalue weighted by atomic mass is 9.91. The largest absolute Gasteiger partial charge is 0.360 e. The molecular weight excluding hydrogens is 277 g/mol. The van der Waals surface area contributed by atoms with Crippen molar-refractivity contribution in [3.05, 3.63) is 76.6 Å². The molecule has 2 aromatic carbocycles. The van der Waals surface area contributed by atoms with E-state index < -0.39 is 17.2 Å². The van der Waals surface area contributed by atoms with Gasteiger partial charge in [0, 0.05) is 11.6 Å². The van der Waals surface area contributed by atoms with Crippen LogP contribution in [0.3, 0.4) is 0 Å². The predicted molar refractivity (Wildman–Crippen MR) is 74.0 cm³/mol. The third-order valence-corrected chi connectivity index (χ3v) is 3.69. The van der Waals surface area contributed by atoms with E-state index in [1.165, 1.54) is 24.3 Å². The second kappa shape index (κ2) is 5.04. The molecule has 1 aliphatic rings. The first-order valence-electron chi connectivity index (χ1n) is 6.55. The molecule has 0 aromatic heterocycles. The number of ether oxygens (including phenoxy) is 1. The maximum absolute atomic E-state index is 13.9. The number of epoxide rings is 1. The van der Waals surface area contributed by atoms with E-state index in [-0.39, 0.29) is 5.82 Å². The zero-order valence-electron chi connectivity index (χ0n) is 11.4. The van der Waals surface area contributed by atoms with Gasteiger partial charge in [-0.2, -0.15) is 0 Å². The molecule has 0 bridgehead atoms. The van der Waals surface area contributed by atoms with Crippen LogP contribution in [-0.2, 0) is 10.3 Å². The molecule has 1 saturated heterocycles. The zero-order chi connectivity index (χ0) is 15.0. The average molecular weight is 290 g/mol. The molecule has 3 rings (SSSR count). The Balaban J connectivity index is 1.96. The summed E-state index contributed by atoms with van der Waals surface area (Å²) in [6.45, 7) is 2.16. The van der Waals surface area contributed by atoms with E-state index in [1.54, 1.807) is 12.1 Å². The van der Waals surface area contributed by atoms with Gasteiger partial charge in [0.2, 0.25) is 0 Å². The molecule has 0 spiro atoms. The lowest BCUT2D eigenvalue weighted by Gasteiger charge is -2.14. The van der Waals surface area contributed by atoms with Crippen LogP contribution in [0.1, 0.15) is 18.1 Å². The van der Waals surface area contributed by atoms with Crippen LogP contribution in [0.15, 0.2) is 48.0 Å². The van der Waals surface area contributed by atoms with Gasteiger partial charge >= 0.3 is 0 Å². The Labute approximate surface area is 120 Å². The topological polar surface area (TPSA) is 12.5 Å². The standard InChI is InChI=1S/C17H13F3O/c1-11(8-12-2-4-13(18)5-3-12)17(10-21-17)15-7-6-14(19)9-16(15)20/h2-9H,10H2,1H3/b11-8+. The third-order valence-electron chi connectivity index (χ3n) is 3.69. The monoisotopic (exact) mass is 290 g/mol. The summed E-state index contributed by atoms with van der Waals surface area (Å²) in [6.07, 6.45) is 1.81. The first-order chi connectivity index (χ1) is 10.0. The quantitative estimate of drug-likeness (QED) is 0.762. The van der Waals surface area contributed by atoms with Crippen molar-refractivity contribution in [2.75, 3.05) is 6.61 Å². The van der Waals surface area contributed by atoms with Gasteiger partial charge in [-0.1, -0.05) is 18.2 Å². The van der Waals surface area contributed by atoms with Crippen LogP contribution in [0.2, 0.25) is 0 Å². The molecule has 21 heavy (non-hydrogen) atoms. The molecule has 108 valence electrons. The molecule has 2 aromatic rings. The Morgan fingerprint density at radius 3 is 2.24 bits per heavy atom. The first-order valence-corrected chi connectivity index (χ1v) is 6.55. The number of halogens is 3. The van der Waals surface area contributed by atoms with Crippen molar-refractivity contribution in [2.24, 2.45) is 0 Å². The van der Waals surface area contributed by atoms with Crippen LogP contribution in [0.25, 0.3) is 6.08 Å². The summed E-state index contributed by atoms with van der Waals surface area (Å²) in [6, 6.07) is 9.46. The molecule has 4 heteroatoms. The SMILES string of the molecule is C/C(=C\c1ccc(F)cc1)C1(c2ccc(F)cc2F)CO1. The highest BCUT2D eigenvalue weighted by Gasteiger charge is 2.49. The Hall–Kier alpha value is -2.07. The molecule has 0 aliphatic carbocycles. The lowest BCUT2D eigenvalue weighted by Crippen LogP contribution is -2.13. The molecule has 0 saturated carbocycles. The van der Waals surface area contributed by atoms with Crippen molar-refractivity contribution >= 4 is 6.08 Å². The number of rotatable bonds is 3. The van der Waals surface area contributed by atoms with Crippen molar-refractivity contribution in [1.29, 1.82) is 0 Å². The molecular formula is C17H13F3O. The van der Waals surface area contributed by atoms with Crippen LogP contribution >= 0.6 is 0 Å². The molecule has 1 nitrogen and oxygen atoms in total. The molecule has 1 fully saturated rings. The summed E-state index contributed by atoms with van der Waals surface area (Å²) in [5.41, 5.74) is 1.07. The summed E-state index contributed by atoms with van der Waals surface area (Å²) in [5.74, 6) is -1.56. The summed E-state index contributed by atoms with van der Waals surface area (Å²) in [4.78, 5) is 0. The second-order valence-electron chi connectivity index (χ2n) is 5.12. The normalized spacial score (nSPS) is 21.4. The minimum atomic E-state index is -0.841. The van der Waals surface area contributed by atoms with Crippen molar-refractivity contribution in [1.82, 2.24) is 0 Å². The fraction of sp³-hybridized carbons (Fsp3) is 0.176. The Morgan fingerprint density at radius 1 is 1.05 bits per heavy atom. The molecule has 0 radical (unpaired) electrons. The van der Waals surface area contributed by atoms with Gasteiger partial charge in [0.15, 0.2) is 0 Å².